The predicted octanol–water partition coefficient (Wildman–Crippen LogP) is 2.21. The van der Waals surface area contributed by atoms with Crippen LogP contribution in [-0.2, 0) is 28.3 Å². The zero-order chi connectivity index (χ0) is 21.6. The van der Waals surface area contributed by atoms with Crippen LogP contribution in [0.3, 0.4) is 0 Å². The van der Waals surface area contributed by atoms with E-state index >= 15 is 0 Å². The number of fused-ring (bicyclic) bond motifs is 2. The first-order valence-corrected chi connectivity index (χ1v) is 10.5. The van der Waals surface area contributed by atoms with Crippen LogP contribution in [0.2, 0.25) is 5.02 Å². The van der Waals surface area contributed by atoms with Gasteiger partial charge in [-0.15, -0.1) is 0 Å². The van der Waals surface area contributed by atoms with Crippen molar-refractivity contribution in [3.8, 4) is 0 Å². The molecule has 0 aliphatic carbocycles. The molecule has 1 saturated heterocycles. The van der Waals surface area contributed by atoms with E-state index in [0.29, 0.717) is 22.9 Å². The Morgan fingerprint density at radius 2 is 1.80 bits per heavy atom. The second-order valence-corrected chi connectivity index (χ2v) is 8.80. The Hall–Kier alpha value is -1.51. The highest BCUT2D eigenvalue weighted by molar-refractivity contribution is 6.31. The summed E-state index contributed by atoms with van der Waals surface area (Å²) in [6, 6.07) is 11.9. The number of halogens is 1. The summed E-state index contributed by atoms with van der Waals surface area (Å²) in [5.74, 6) is -1.21. The third-order valence-corrected chi connectivity index (χ3v) is 6.43. The standard InChI is InChI=1S/C23H27ClO6/c1-12(2)14-5-3-13(4-6-14)7-15-8-17-16(9-18(15)24)11-29-23(17)22(28)21(27)20(26)19(10-25)30-23/h3-6,8-9,12,19-22,25-28H,7,10-11H2,1-2H3/t19?,20-,21+,22-,23+/m1/s1. The van der Waals surface area contributed by atoms with Crippen LogP contribution in [-0.4, -0.2) is 51.4 Å². The molecule has 2 aromatic carbocycles. The summed E-state index contributed by atoms with van der Waals surface area (Å²) in [6.45, 7) is 3.91. The Labute approximate surface area is 180 Å². The first kappa shape index (κ1) is 21.7. The van der Waals surface area contributed by atoms with E-state index in [1.807, 2.05) is 6.07 Å². The third kappa shape index (κ3) is 3.56. The van der Waals surface area contributed by atoms with Gasteiger partial charge in [0.1, 0.15) is 24.4 Å². The van der Waals surface area contributed by atoms with Gasteiger partial charge in [0.05, 0.1) is 13.2 Å². The molecule has 5 atom stereocenters. The predicted molar refractivity (Wildman–Crippen MR) is 111 cm³/mol. The monoisotopic (exact) mass is 434 g/mol. The van der Waals surface area contributed by atoms with E-state index in [1.165, 1.54) is 5.56 Å². The number of aliphatic hydroxyl groups excluding tert-OH is 4. The van der Waals surface area contributed by atoms with Crippen molar-refractivity contribution in [2.24, 2.45) is 0 Å². The van der Waals surface area contributed by atoms with Gasteiger partial charge < -0.3 is 29.9 Å². The molecule has 2 aromatic rings. The fraction of sp³-hybridized carbons (Fsp3) is 0.478. The lowest BCUT2D eigenvalue weighted by Gasteiger charge is -2.46. The fourth-order valence-corrected chi connectivity index (χ4v) is 4.48. The second-order valence-electron chi connectivity index (χ2n) is 8.39. The van der Waals surface area contributed by atoms with Gasteiger partial charge in [0.25, 0.3) is 0 Å². The minimum atomic E-state index is -1.66. The Bertz CT molecular complexity index is 913. The molecule has 0 saturated carbocycles. The maximum atomic E-state index is 10.7. The number of hydrogen-bond acceptors (Lipinski definition) is 6. The zero-order valence-electron chi connectivity index (χ0n) is 17.0. The average Bonchev–Trinajstić information content (AvgIpc) is 3.08. The van der Waals surface area contributed by atoms with Gasteiger partial charge in [-0.1, -0.05) is 49.7 Å². The summed E-state index contributed by atoms with van der Waals surface area (Å²) in [5.41, 5.74) is 4.46. The van der Waals surface area contributed by atoms with Crippen molar-refractivity contribution in [3.05, 3.63) is 69.2 Å². The maximum absolute atomic E-state index is 10.7. The van der Waals surface area contributed by atoms with Gasteiger partial charge in [0, 0.05) is 10.6 Å². The lowest BCUT2D eigenvalue weighted by molar-refractivity contribution is -0.368. The van der Waals surface area contributed by atoms with E-state index in [1.54, 1.807) is 6.07 Å². The number of benzene rings is 2. The molecule has 4 rings (SSSR count). The minimum Gasteiger partial charge on any atom is -0.394 e. The molecule has 30 heavy (non-hydrogen) atoms. The molecule has 1 fully saturated rings. The average molecular weight is 435 g/mol. The molecule has 7 heteroatoms. The van der Waals surface area contributed by atoms with Crippen molar-refractivity contribution < 1.29 is 29.9 Å². The number of hydrogen-bond donors (Lipinski definition) is 4. The fourth-order valence-electron chi connectivity index (χ4n) is 4.22. The topological polar surface area (TPSA) is 99.4 Å². The van der Waals surface area contributed by atoms with Gasteiger partial charge in [-0.25, -0.2) is 0 Å². The Morgan fingerprint density at radius 1 is 1.10 bits per heavy atom. The largest absolute Gasteiger partial charge is 0.394 e. The summed E-state index contributed by atoms with van der Waals surface area (Å²) >= 11 is 6.52. The SMILES string of the molecule is CC(C)c1ccc(Cc2cc3c(cc2Cl)CO[C@]32OC(CO)[C@@H](O)[C@H](O)[C@H]2O)cc1. The van der Waals surface area contributed by atoms with Gasteiger partial charge in [-0.2, -0.15) is 0 Å². The van der Waals surface area contributed by atoms with Gasteiger partial charge >= 0.3 is 0 Å². The summed E-state index contributed by atoms with van der Waals surface area (Å²) in [7, 11) is 0. The van der Waals surface area contributed by atoms with Crippen LogP contribution in [0.25, 0.3) is 0 Å². The first-order valence-electron chi connectivity index (χ1n) is 10.1. The molecule has 0 bridgehead atoms. The number of aliphatic hydroxyl groups is 4. The molecule has 4 N–H and O–H groups in total. The second kappa shape index (κ2) is 8.20. The van der Waals surface area contributed by atoms with E-state index in [9.17, 15) is 20.4 Å². The van der Waals surface area contributed by atoms with Crippen molar-refractivity contribution in [3.63, 3.8) is 0 Å². The van der Waals surface area contributed by atoms with Crippen LogP contribution in [0.1, 0.15) is 47.6 Å². The van der Waals surface area contributed by atoms with E-state index < -0.39 is 36.8 Å². The van der Waals surface area contributed by atoms with Crippen LogP contribution < -0.4 is 0 Å². The molecule has 1 unspecified atom stereocenters. The summed E-state index contributed by atoms with van der Waals surface area (Å²) in [5, 5.41) is 41.3. The molecule has 0 amide bonds. The number of rotatable bonds is 4. The molecule has 2 aliphatic heterocycles. The summed E-state index contributed by atoms with van der Waals surface area (Å²) in [4.78, 5) is 0. The van der Waals surface area contributed by atoms with Crippen LogP contribution in [0.15, 0.2) is 36.4 Å². The van der Waals surface area contributed by atoms with Crippen molar-refractivity contribution >= 4 is 11.6 Å². The van der Waals surface area contributed by atoms with Gasteiger partial charge in [-0.05, 0) is 46.7 Å². The van der Waals surface area contributed by atoms with E-state index in [-0.39, 0.29) is 6.61 Å². The molecule has 162 valence electrons. The third-order valence-electron chi connectivity index (χ3n) is 6.08. The highest BCUT2D eigenvalue weighted by Crippen LogP contribution is 2.47. The van der Waals surface area contributed by atoms with E-state index in [0.717, 1.165) is 16.7 Å². The molecular weight excluding hydrogens is 408 g/mol. The molecule has 1 spiro atoms. The van der Waals surface area contributed by atoms with Crippen molar-refractivity contribution in [2.75, 3.05) is 6.61 Å². The smallest absolute Gasteiger partial charge is 0.225 e. The van der Waals surface area contributed by atoms with Crippen molar-refractivity contribution in [1.29, 1.82) is 0 Å². The van der Waals surface area contributed by atoms with Crippen molar-refractivity contribution in [2.45, 2.75) is 63.0 Å². The van der Waals surface area contributed by atoms with Gasteiger partial charge in [0.15, 0.2) is 0 Å². The van der Waals surface area contributed by atoms with Gasteiger partial charge in [-0.3, -0.25) is 0 Å². The van der Waals surface area contributed by atoms with Crippen molar-refractivity contribution in [1.82, 2.24) is 0 Å². The minimum absolute atomic E-state index is 0.135. The molecule has 2 heterocycles. The molecular formula is C23H27ClO6. The highest BCUT2D eigenvalue weighted by Gasteiger charge is 2.58. The van der Waals surface area contributed by atoms with Crippen LogP contribution in [0.5, 0.6) is 0 Å². The van der Waals surface area contributed by atoms with Gasteiger partial charge in [0.2, 0.25) is 5.79 Å². The molecule has 6 nitrogen and oxygen atoms in total. The molecule has 0 aromatic heterocycles. The Morgan fingerprint density at radius 3 is 2.43 bits per heavy atom. The summed E-state index contributed by atoms with van der Waals surface area (Å²) in [6.07, 6.45) is -4.97. The van der Waals surface area contributed by atoms with Crippen LogP contribution >= 0.6 is 11.6 Å². The molecule has 2 aliphatic rings. The lowest BCUT2D eigenvalue weighted by atomic mass is 9.86. The summed E-state index contributed by atoms with van der Waals surface area (Å²) < 4.78 is 11.6. The maximum Gasteiger partial charge on any atom is 0.225 e. The number of ether oxygens (including phenoxy) is 2. The Balaban J connectivity index is 1.69. The lowest BCUT2D eigenvalue weighted by Crippen LogP contribution is -2.63. The normalized spacial score (nSPS) is 30.8. The highest BCUT2D eigenvalue weighted by atomic mass is 35.5. The van der Waals surface area contributed by atoms with E-state index in [2.05, 4.69) is 38.1 Å². The van der Waals surface area contributed by atoms with Crippen LogP contribution in [0.4, 0.5) is 0 Å². The quantitative estimate of drug-likeness (QED) is 0.589. The van der Waals surface area contributed by atoms with Crippen LogP contribution in [0, 0.1) is 0 Å². The van der Waals surface area contributed by atoms with E-state index in [4.69, 9.17) is 21.1 Å². The zero-order valence-corrected chi connectivity index (χ0v) is 17.7. The molecule has 0 radical (unpaired) electrons. The Kier molecular flexibility index (Phi) is 5.94. The first-order chi connectivity index (χ1) is 14.3.